The number of nitrogens with one attached hydrogen (secondary N) is 1. The van der Waals surface area contributed by atoms with E-state index in [-0.39, 0.29) is 45.7 Å². The van der Waals surface area contributed by atoms with Crippen LogP contribution in [-0.2, 0) is 32.7 Å². The summed E-state index contributed by atoms with van der Waals surface area (Å²) in [5.41, 5.74) is 0. The molecule has 1 fully saturated rings. The van der Waals surface area contributed by atoms with E-state index in [0.717, 1.165) is 0 Å². The molecule has 0 aromatic rings. The monoisotopic (exact) mass is 209 g/mol. The number of piperidine rings is 1. The molecule has 1 aliphatic heterocycles. The average molecular weight is 209 g/mol. The molecule has 1 saturated heterocycles. The Morgan fingerprint density at radius 1 is 1.44 bits per heavy atom. The summed E-state index contributed by atoms with van der Waals surface area (Å²) in [4.78, 5) is 0. The quantitative estimate of drug-likeness (QED) is 0.582. The molecule has 1 nitrogen and oxygen atoms in total. The minimum Gasteiger partial charge on any atom is -0.465 e. The summed E-state index contributed by atoms with van der Waals surface area (Å²) in [6.45, 7) is 1.55. The predicted molar refractivity (Wildman–Crippen MR) is 26.7 cm³/mol. The van der Waals surface area contributed by atoms with Crippen molar-refractivity contribution in [2.45, 2.75) is 18.8 Å². The molecule has 0 aliphatic carbocycles. The number of rotatable bonds is 0. The average Bonchev–Trinajstić information content (AvgIpc) is 1.64. The van der Waals surface area contributed by atoms with Gasteiger partial charge < -0.3 is 5.32 Å². The Balaban J connectivity index is 0.000000640. The second kappa shape index (κ2) is 4.70. The van der Waals surface area contributed by atoms with E-state index in [1.165, 1.54) is 6.54 Å². The molecule has 0 amide bonds. The molecule has 2 unspecified atom stereocenters. The first-order valence-corrected chi connectivity index (χ1v) is 2.64. The Labute approximate surface area is 78.5 Å². The summed E-state index contributed by atoms with van der Waals surface area (Å²) in [6, 6.07) is 0. The van der Waals surface area contributed by atoms with Crippen LogP contribution < -0.4 is 5.32 Å². The largest absolute Gasteiger partial charge is 0.465 e. The van der Waals surface area contributed by atoms with Crippen LogP contribution in [0.2, 0.25) is 0 Å². The van der Waals surface area contributed by atoms with Gasteiger partial charge >= 0.3 is 0 Å². The van der Waals surface area contributed by atoms with Crippen LogP contribution in [0.1, 0.15) is 6.42 Å². The van der Waals surface area contributed by atoms with E-state index in [9.17, 15) is 8.78 Å². The first kappa shape index (κ1) is 9.92. The summed E-state index contributed by atoms with van der Waals surface area (Å²) >= 11 is 0. The molecular formula is C5H8F2NY-. The second-order valence-electron chi connectivity index (χ2n) is 1.92. The van der Waals surface area contributed by atoms with Crippen molar-refractivity contribution >= 4 is 0 Å². The molecule has 1 N–H and O–H groups in total. The number of hydrogen-bond donors (Lipinski definition) is 1. The van der Waals surface area contributed by atoms with Gasteiger partial charge in [0.2, 0.25) is 0 Å². The summed E-state index contributed by atoms with van der Waals surface area (Å²) in [6.07, 6.45) is -2.08. The van der Waals surface area contributed by atoms with Crippen LogP contribution in [0.5, 0.6) is 0 Å². The zero-order chi connectivity index (χ0) is 5.98. The first-order valence-electron chi connectivity index (χ1n) is 2.64. The van der Waals surface area contributed by atoms with Gasteiger partial charge in [0.25, 0.3) is 0 Å². The minimum atomic E-state index is -1.10. The fraction of sp³-hybridized carbons (Fsp3) is 0.800. The zero-order valence-electron chi connectivity index (χ0n) is 4.98. The second-order valence-corrected chi connectivity index (χ2v) is 1.92. The van der Waals surface area contributed by atoms with Gasteiger partial charge in [0.1, 0.15) is 6.17 Å². The van der Waals surface area contributed by atoms with Crippen LogP contribution in [0.4, 0.5) is 8.78 Å². The van der Waals surface area contributed by atoms with E-state index >= 15 is 0 Å². The van der Waals surface area contributed by atoms with Gasteiger partial charge in [-0.05, 0) is 19.1 Å². The van der Waals surface area contributed by atoms with Crippen molar-refractivity contribution in [3.05, 3.63) is 6.54 Å². The smallest absolute Gasteiger partial charge is 0.110 e. The van der Waals surface area contributed by atoms with Gasteiger partial charge in [-0.25, -0.2) is 10.9 Å². The van der Waals surface area contributed by atoms with Crippen molar-refractivity contribution in [3.8, 4) is 0 Å². The van der Waals surface area contributed by atoms with Gasteiger partial charge in [0.15, 0.2) is 0 Å². The predicted octanol–water partition coefficient (Wildman–Crippen LogP) is 0.815. The molecule has 4 heteroatoms. The maximum atomic E-state index is 12.1. The van der Waals surface area contributed by atoms with E-state index in [1.54, 1.807) is 0 Å². The van der Waals surface area contributed by atoms with Gasteiger partial charge in [0, 0.05) is 32.7 Å². The molecule has 0 aromatic carbocycles. The Kier molecular flexibility index (Phi) is 5.18. The topological polar surface area (TPSA) is 12.0 Å². The van der Waals surface area contributed by atoms with Gasteiger partial charge in [-0.3, -0.25) is 4.39 Å². The molecule has 0 aromatic heterocycles. The molecule has 0 saturated carbocycles. The van der Waals surface area contributed by atoms with Crippen molar-refractivity contribution in [3.63, 3.8) is 0 Å². The maximum absolute atomic E-state index is 12.1. The van der Waals surface area contributed by atoms with Crippen molar-refractivity contribution in [2.24, 2.45) is 0 Å². The summed E-state index contributed by atoms with van der Waals surface area (Å²) < 4.78 is 24.2. The van der Waals surface area contributed by atoms with Crippen LogP contribution in [0.3, 0.4) is 0 Å². The van der Waals surface area contributed by atoms with Crippen molar-refractivity contribution in [1.29, 1.82) is 0 Å². The summed E-state index contributed by atoms with van der Waals surface area (Å²) in [7, 11) is 0. The van der Waals surface area contributed by atoms with E-state index in [4.69, 9.17) is 0 Å². The Hall–Kier alpha value is 0.924. The van der Waals surface area contributed by atoms with Gasteiger partial charge in [-0.2, -0.15) is 0 Å². The van der Waals surface area contributed by atoms with Gasteiger partial charge in [-0.15, -0.1) is 0 Å². The normalized spacial score (nSPS) is 35.3. The van der Waals surface area contributed by atoms with Crippen LogP contribution >= 0.6 is 0 Å². The summed E-state index contributed by atoms with van der Waals surface area (Å²) in [5.74, 6) is 0. The third kappa shape index (κ3) is 3.59. The van der Waals surface area contributed by atoms with E-state index in [2.05, 4.69) is 5.32 Å². The van der Waals surface area contributed by atoms with Crippen molar-refractivity contribution < 1.29 is 41.5 Å². The third-order valence-electron chi connectivity index (χ3n) is 1.12. The molecule has 2 atom stereocenters. The SMILES string of the molecule is FC1[CH-]NCC(F)C1.[Y]. The number of alkyl halides is 2. The van der Waals surface area contributed by atoms with Crippen LogP contribution in [0, 0.1) is 6.54 Å². The Bertz CT molecular complexity index is 73.4. The molecular weight excluding hydrogens is 201 g/mol. The molecule has 1 aliphatic rings. The van der Waals surface area contributed by atoms with Crippen LogP contribution in [-0.4, -0.2) is 18.9 Å². The molecule has 9 heavy (non-hydrogen) atoms. The maximum Gasteiger partial charge on any atom is 0.110 e. The third-order valence-corrected chi connectivity index (χ3v) is 1.12. The number of hydrogen-bond acceptors (Lipinski definition) is 1. The Morgan fingerprint density at radius 3 is 2.44 bits per heavy atom. The zero-order valence-corrected chi connectivity index (χ0v) is 7.82. The molecule has 0 bridgehead atoms. The van der Waals surface area contributed by atoms with Crippen LogP contribution in [0.25, 0.3) is 0 Å². The van der Waals surface area contributed by atoms with Crippen LogP contribution in [0.15, 0.2) is 0 Å². The molecule has 1 heterocycles. The summed E-state index contributed by atoms with van der Waals surface area (Å²) in [5, 5.41) is 2.51. The number of halogens is 2. The van der Waals surface area contributed by atoms with E-state index in [1.807, 2.05) is 0 Å². The van der Waals surface area contributed by atoms with Crippen molar-refractivity contribution in [2.75, 3.05) is 6.54 Å². The fourth-order valence-electron chi connectivity index (χ4n) is 0.719. The van der Waals surface area contributed by atoms with E-state index in [0.29, 0.717) is 0 Å². The first-order chi connectivity index (χ1) is 3.79. The fourth-order valence-corrected chi connectivity index (χ4v) is 0.719. The molecule has 1 radical (unpaired) electrons. The van der Waals surface area contributed by atoms with Gasteiger partial charge in [0.05, 0.1) is 0 Å². The molecule has 0 spiro atoms. The Morgan fingerprint density at radius 2 is 2.11 bits per heavy atom. The standard InChI is InChI=1S/C5H8F2N.Y/c6-4-1-5(7)3-8-2-4;/h2,4-5,8H,1,3H2;/q-1;. The molecule has 51 valence electrons. The van der Waals surface area contributed by atoms with Gasteiger partial charge in [-0.1, -0.05) is 0 Å². The van der Waals surface area contributed by atoms with Crippen molar-refractivity contribution in [1.82, 2.24) is 5.32 Å². The van der Waals surface area contributed by atoms with E-state index < -0.39 is 12.3 Å². The minimum absolute atomic E-state index is 0. The molecule has 1 rings (SSSR count).